The Morgan fingerprint density at radius 2 is 1.97 bits per heavy atom. The van der Waals surface area contributed by atoms with Gasteiger partial charge in [0.2, 0.25) is 5.91 Å². The fraction of sp³-hybridized carbons (Fsp3) is 0.208. The number of methoxy groups -OCH3 is 1. The topological polar surface area (TPSA) is 95.5 Å². The lowest BCUT2D eigenvalue weighted by Crippen LogP contribution is -2.44. The molecule has 1 amide bonds. The zero-order chi connectivity index (χ0) is 23.5. The number of nitrogens with zero attached hydrogens (tertiary/aromatic N) is 2. The first-order valence-corrected chi connectivity index (χ1v) is 10.7. The van der Waals surface area contributed by atoms with Crippen molar-refractivity contribution in [1.82, 2.24) is 14.5 Å². The number of furan rings is 1. The third-order valence-corrected chi connectivity index (χ3v) is 5.61. The maximum Gasteiger partial charge on any atom is 0.336 e. The van der Waals surface area contributed by atoms with E-state index in [1.165, 1.54) is 24.0 Å². The fourth-order valence-electron chi connectivity index (χ4n) is 3.77. The number of halogens is 1. The Hall–Kier alpha value is -3.78. The number of benzene rings is 2. The number of ether oxygens (including phenoxy) is 1. The molecule has 4 rings (SSSR count). The minimum absolute atomic E-state index is 0.172. The molecule has 0 spiro atoms. The molecule has 9 heteroatoms. The summed E-state index contributed by atoms with van der Waals surface area (Å²) in [6.45, 7) is 1.96. The molecule has 0 bridgehead atoms. The Morgan fingerprint density at radius 1 is 1.15 bits per heavy atom. The average Bonchev–Trinajstić information content (AvgIpc) is 3.34. The number of hydrogen-bond donors (Lipinski definition) is 1. The summed E-state index contributed by atoms with van der Waals surface area (Å²) in [5.41, 5.74) is -0.539. The summed E-state index contributed by atoms with van der Waals surface area (Å²) in [4.78, 5) is 40.2. The van der Waals surface area contributed by atoms with Gasteiger partial charge in [-0.05, 0) is 48.9 Å². The molecular weight excluding hydrogens is 446 g/mol. The van der Waals surface area contributed by atoms with E-state index in [4.69, 9.17) is 20.8 Å². The van der Waals surface area contributed by atoms with Crippen molar-refractivity contribution >= 4 is 28.4 Å². The Kier molecular flexibility index (Phi) is 6.37. The van der Waals surface area contributed by atoms with E-state index in [0.717, 1.165) is 4.57 Å². The first-order chi connectivity index (χ1) is 15.9. The maximum atomic E-state index is 13.7. The van der Waals surface area contributed by atoms with Gasteiger partial charge >= 0.3 is 5.69 Å². The van der Waals surface area contributed by atoms with E-state index in [2.05, 4.69) is 5.32 Å². The number of fused-ring (bicyclic) bond motifs is 1. The molecule has 33 heavy (non-hydrogen) atoms. The van der Waals surface area contributed by atoms with Gasteiger partial charge in [0.15, 0.2) is 0 Å². The fourth-order valence-corrected chi connectivity index (χ4v) is 3.94. The van der Waals surface area contributed by atoms with Crippen LogP contribution >= 0.6 is 11.6 Å². The van der Waals surface area contributed by atoms with Gasteiger partial charge in [0, 0.05) is 11.1 Å². The van der Waals surface area contributed by atoms with Gasteiger partial charge in [0.05, 0.1) is 36.5 Å². The molecule has 170 valence electrons. The van der Waals surface area contributed by atoms with Gasteiger partial charge in [-0.25, -0.2) is 9.36 Å². The van der Waals surface area contributed by atoms with Crippen LogP contribution in [0.2, 0.25) is 5.02 Å². The highest BCUT2D eigenvalue weighted by Gasteiger charge is 2.25. The van der Waals surface area contributed by atoms with Crippen LogP contribution in [0, 0.1) is 0 Å². The second-order valence-corrected chi connectivity index (χ2v) is 7.81. The van der Waals surface area contributed by atoms with E-state index in [0.29, 0.717) is 28.6 Å². The molecule has 0 saturated carbocycles. The lowest BCUT2D eigenvalue weighted by atomic mass is 10.1. The van der Waals surface area contributed by atoms with Gasteiger partial charge in [0.25, 0.3) is 5.56 Å². The Balaban J connectivity index is 1.92. The molecule has 4 aromatic rings. The molecule has 1 N–H and O–H groups in total. The number of rotatable bonds is 7. The third-order valence-electron chi connectivity index (χ3n) is 5.38. The molecule has 1 atom stereocenters. The smallest absolute Gasteiger partial charge is 0.336 e. The van der Waals surface area contributed by atoms with Crippen LogP contribution in [0.15, 0.2) is 74.9 Å². The largest absolute Gasteiger partial charge is 0.497 e. The number of hydrogen-bond acceptors (Lipinski definition) is 5. The second kappa shape index (κ2) is 9.38. The highest BCUT2D eigenvalue weighted by atomic mass is 35.5. The minimum Gasteiger partial charge on any atom is -0.497 e. The van der Waals surface area contributed by atoms with Crippen molar-refractivity contribution in [2.24, 2.45) is 0 Å². The van der Waals surface area contributed by atoms with Gasteiger partial charge in [-0.1, -0.05) is 24.6 Å². The predicted molar refractivity (Wildman–Crippen MR) is 125 cm³/mol. The number of aromatic nitrogens is 2. The highest BCUT2D eigenvalue weighted by molar-refractivity contribution is 6.31. The van der Waals surface area contributed by atoms with Gasteiger partial charge in [-0.3, -0.25) is 14.2 Å². The molecule has 0 fully saturated rings. The monoisotopic (exact) mass is 467 g/mol. The number of carbonyl (C=O) groups is 1. The van der Waals surface area contributed by atoms with Crippen LogP contribution in [0.4, 0.5) is 0 Å². The number of carbonyl (C=O) groups excluding carboxylic acids is 1. The molecule has 2 heterocycles. The molecule has 0 aliphatic carbocycles. The normalized spacial score (nSPS) is 12.0. The Labute approximate surface area is 194 Å². The van der Waals surface area contributed by atoms with E-state index >= 15 is 0 Å². The molecule has 0 aliphatic rings. The summed E-state index contributed by atoms with van der Waals surface area (Å²) >= 11 is 6.19. The third kappa shape index (κ3) is 4.29. The minimum atomic E-state index is -0.883. The molecule has 0 radical (unpaired) electrons. The molecule has 2 aromatic heterocycles. The first-order valence-electron chi connectivity index (χ1n) is 10.4. The predicted octanol–water partition coefficient (Wildman–Crippen LogP) is 3.67. The molecule has 0 saturated heterocycles. The quantitative estimate of drug-likeness (QED) is 0.447. The van der Waals surface area contributed by atoms with Crippen LogP contribution in [-0.4, -0.2) is 22.2 Å². The summed E-state index contributed by atoms with van der Waals surface area (Å²) in [6.07, 6.45) is 1.82. The maximum absolute atomic E-state index is 13.7. The van der Waals surface area contributed by atoms with Crippen molar-refractivity contribution in [3.8, 4) is 11.4 Å². The zero-order valence-electron chi connectivity index (χ0n) is 18.1. The van der Waals surface area contributed by atoms with Crippen molar-refractivity contribution < 1.29 is 13.9 Å². The summed E-state index contributed by atoms with van der Waals surface area (Å²) in [6, 6.07) is 13.9. The van der Waals surface area contributed by atoms with Gasteiger partial charge < -0.3 is 14.5 Å². The van der Waals surface area contributed by atoms with Crippen LogP contribution in [0.5, 0.6) is 5.75 Å². The lowest BCUT2D eigenvalue weighted by Gasteiger charge is -2.21. The molecule has 0 aliphatic heterocycles. The van der Waals surface area contributed by atoms with Crippen LogP contribution in [0.25, 0.3) is 16.6 Å². The second-order valence-electron chi connectivity index (χ2n) is 7.38. The Morgan fingerprint density at radius 3 is 2.67 bits per heavy atom. The summed E-state index contributed by atoms with van der Waals surface area (Å²) in [7, 11) is 1.50. The van der Waals surface area contributed by atoms with Crippen molar-refractivity contribution in [2.75, 3.05) is 7.11 Å². The zero-order valence-corrected chi connectivity index (χ0v) is 18.8. The van der Waals surface area contributed by atoms with Crippen LogP contribution in [0.3, 0.4) is 0 Å². The van der Waals surface area contributed by atoms with Gasteiger partial charge in [-0.2, -0.15) is 0 Å². The van der Waals surface area contributed by atoms with E-state index in [1.54, 1.807) is 55.5 Å². The summed E-state index contributed by atoms with van der Waals surface area (Å²) in [5, 5.41) is 3.41. The van der Waals surface area contributed by atoms with Gasteiger partial charge in [-0.15, -0.1) is 0 Å². The SMILES string of the molecule is CC[C@@H](C(=O)NCc1ccco1)n1c(=O)n(-c2cccc(OC)c2)c(=O)c2ccc(Cl)cc21. The van der Waals surface area contributed by atoms with Crippen molar-refractivity contribution in [1.29, 1.82) is 0 Å². The van der Waals surface area contributed by atoms with E-state index < -0.39 is 17.3 Å². The van der Waals surface area contributed by atoms with E-state index in [1.807, 2.05) is 0 Å². The molecule has 0 unspecified atom stereocenters. The summed E-state index contributed by atoms with van der Waals surface area (Å²) in [5.74, 6) is 0.692. The van der Waals surface area contributed by atoms with Crippen molar-refractivity contribution in [3.05, 3.63) is 92.5 Å². The van der Waals surface area contributed by atoms with Crippen molar-refractivity contribution in [3.63, 3.8) is 0 Å². The van der Waals surface area contributed by atoms with Gasteiger partial charge in [0.1, 0.15) is 17.6 Å². The first kappa shape index (κ1) is 22.4. The molecule has 2 aromatic carbocycles. The average molecular weight is 468 g/mol. The van der Waals surface area contributed by atoms with Crippen molar-refractivity contribution in [2.45, 2.75) is 25.9 Å². The van der Waals surface area contributed by atoms with Crippen LogP contribution in [-0.2, 0) is 11.3 Å². The molecule has 8 nitrogen and oxygen atoms in total. The van der Waals surface area contributed by atoms with Crippen LogP contribution < -0.4 is 21.3 Å². The number of amides is 1. The molecular formula is C24H22ClN3O5. The highest BCUT2D eigenvalue weighted by Crippen LogP contribution is 2.22. The Bertz CT molecular complexity index is 1420. The standard InChI is InChI=1S/C24H22ClN3O5/c1-3-20(22(29)26-14-18-8-5-11-33-18)28-21-12-15(25)9-10-19(21)23(30)27(24(28)31)16-6-4-7-17(13-16)32-2/h4-13,20H,3,14H2,1-2H3,(H,26,29)/t20-/m0/s1. The summed E-state index contributed by atoms with van der Waals surface area (Å²) < 4.78 is 12.9. The van der Waals surface area contributed by atoms with E-state index in [9.17, 15) is 14.4 Å². The number of nitrogens with one attached hydrogen (secondary N) is 1. The van der Waals surface area contributed by atoms with Crippen LogP contribution in [0.1, 0.15) is 25.1 Å². The lowest BCUT2D eigenvalue weighted by molar-refractivity contribution is -0.124. The van der Waals surface area contributed by atoms with E-state index in [-0.39, 0.29) is 23.4 Å².